The third-order valence-corrected chi connectivity index (χ3v) is 4.21. The van der Waals surface area contributed by atoms with Gasteiger partial charge in [0, 0.05) is 5.39 Å². The Balaban J connectivity index is 1.92. The van der Waals surface area contributed by atoms with Crippen LogP contribution in [-0.2, 0) is 16.1 Å². The number of hydrogen-bond donors (Lipinski definition) is 0. The van der Waals surface area contributed by atoms with E-state index in [1.54, 1.807) is 0 Å². The average molecular weight is 360 g/mol. The van der Waals surface area contributed by atoms with Crippen LogP contribution in [0.3, 0.4) is 0 Å². The number of carbonyl (C=O) groups excluding carboxylic acids is 2. The number of nitrogens with zero attached hydrogens (tertiary/aromatic N) is 2. The van der Waals surface area contributed by atoms with Gasteiger partial charge in [-0.3, -0.25) is 0 Å². The van der Waals surface area contributed by atoms with Gasteiger partial charge in [0.2, 0.25) is 0 Å². The summed E-state index contributed by atoms with van der Waals surface area (Å²) < 4.78 is 10.2. The SMILES string of the molecule is COC(=O)c1c(COC(=O)c2ccc(C#N)cc2)nc2ccccc2c1C. The lowest BCUT2D eigenvalue weighted by Gasteiger charge is -2.13. The smallest absolute Gasteiger partial charge is 0.340 e. The maximum Gasteiger partial charge on any atom is 0.340 e. The minimum Gasteiger partial charge on any atom is -0.465 e. The highest BCUT2D eigenvalue weighted by molar-refractivity contribution is 5.98. The van der Waals surface area contributed by atoms with Gasteiger partial charge in [0.05, 0.1) is 41.1 Å². The molecule has 0 atom stereocenters. The van der Waals surface area contributed by atoms with Crippen molar-refractivity contribution in [2.45, 2.75) is 13.5 Å². The summed E-state index contributed by atoms with van der Waals surface area (Å²) in [6.45, 7) is 1.64. The zero-order valence-corrected chi connectivity index (χ0v) is 14.9. The van der Waals surface area contributed by atoms with Crippen molar-refractivity contribution in [2.75, 3.05) is 7.11 Å². The van der Waals surface area contributed by atoms with E-state index in [2.05, 4.69) is 4.98 Å². The first-order chi connectivity index (χ1) is 13.0. The molecule has 0 aliphatic heterocycles. The highest BCUT2D eigenvalue weighted by Crippen LogP contribution is 2.24. The molecule has 0 aliphatic rings. The van der Waals surface area contributed by atoms with E-state index >= 15 is 0 Å². The number of aromatic nitrogens is 1. The number of aryl methyl sites for hydroxylation is 1. The molecule has 0 aliphatic carbocycles. The molecule has 27 heavy (non-hydrogen) atoms. The van der Waals surface area contributed by atoms with Crippen LogP contribution in [-0.4, -0.2) is 24.0 Å². The molecule has 0 spiro atoms. The van der Waals surface area contributed by atoms with Gasteiger partial charge in [0.1, 0.15) is 6.61 Å². The van der Waals surface area contributed by atoms with Gasteiger partial charge in [-0.25, -0.2) is 14.6 Å². The first-order valence-electron chi connectivity index (χ1n) is 8.19. The molecule has 0 N–H and O–H groups in total. The van der Waals surface area contributed by atoms with Crippen LogP contribution in [0.25, 0.3) is 10.9 Å². The second kappa shape index (κ2) is 7.67. The number of fused-ring (bicyclic) bond motifs is 1. The number of methoxy groups -OCH3 is 1. The molecule has 1 aromatic heterocycles. The monoisotopic (exact) mass is 360 g/mol. The van der Waals surface area contributed by atoms with Gasteiger partial charge in [0.25, 0.3) is 0 Å². The number of para-hydroxylation sites is 1. The third-order valence-electron chi connectivity index (χ3n) is 4.21. The number of hydrogen-bond acceptors (Lipinski definition) is 6. The molecule has 2 aromatic carbocycles. The summed E-state index contributed by atoms with van der Waals surface area (Å²) in [6, 6.07) is 15.5. The quantitative estimate of drug-likeness (QED) is 0.661. The van der Waals surface area contributed by atoms with Gasteiger partial charge in [-0.1, -0.05) is 18.2 Å². The van der Waals surface area contributed by atoms with Crippen molar-refractivity contribution >= 4 is 22.8 Å². The van der Waals surface area contributed by atoms with Crippen molar-refractivity contribution in [3.63, 3.8) is 0 Å². The zero-order valence-electron chi connectivity index (χ0n) is 14.9. The minimum atomic E-state index is -0.567. The Labute approximate surface area is 156 Å². The third kappa shape index (κ3) is 3.62. The highest BCUT2D eigenvalue weighted by atomic mass is 16.5. The number of rotatable bonds is 4. The Morgan fingerprint density at radius 3 is 2.44 bits per heavy atom. The van der Waals surface area contributed by atoms with Crippen LogP contribution < -0.4 is 0 Å². The fraction of sp³-hybridized carbons (Fsp3) is 0.143. The largest absolute Gasteiger partial charge is 0.465 e. The predicted molar refractivity (Wildman–Crippen MR) is 98.1 cm³/mol. The Hall–Kier alpha value is -3.72. The van der Waals surface area contributed by atoms with Crippen LogP contribution in [0, 0.1) is 18.3 Å². The highest BCUT2D eigenvalue weighted by Gasteiger charge is 2.20. The van der Waals surface area contributed by atoms with E-state index < -0.39 is 11.9 Å². The van der Waals surface area contributed by atoms with Gasteiger partial charge in [-0.15, -0.1) is 0 Å². The molecule has 3 aromatic rings. The van der Waals surface area contributed by atoms with Gasteiger partial charge in [-0.05, 0) is 42.8 Å². The molecule has 1 heterocycles. The second-order valence-electron chi connectivity index (χ2n) is 5.83. The Morgan fingerprint density at radius 1 is 1.07 bits per heavy atom. The van der Waals surface area contributed by atoms with Crippen molar-refractivity contribution in [1.82, 2.24) is 4.98 Å². The number of pyridine rings is 1. The molecule has 0 fully saturated rings. The fourth-order valence-corrected chi connectivity index (χ4v) is 2.82. The van der Waals surface area contributed by atoms with Gasteiger partial charge in [0.15, 0.2) is 0 Å². The summed E-state index contributed by atoms with van der Waals surface area (Å²) in [5.74, 6) is -1.10. The van der Waals surface area contributed by atoms with Crippen molar-refractivity contribution in [1.29, 1.82) is 5.26 Å². The number of esters is 2. The van der Waals surface area contributed by atoms with E-state index in [9.17, 15) is 9.59 Å². The van der Waals surface area contributed by atoms with Crippen LogP contribution in [0.15, 0.2) is 48.5 Å². The molecule has 3 rings (SSSR count). The van der Waals surface area contributed by atoms with Gasteiger partial charge < -0.3 is 9.47 Å². The molecule has 0 amide bonds. The van der Waals surface area contributed by atoms with Gasteiger partial charge in [-0.2, -0.15) is 5.26 Å². The first-order valence-corrected chi connectivity index (χ1v) is 8.19. The predicted octanol–water partition coefficient (Wildman–Crippen LogP) is 3.56. The lowest BCUT2D eigenvalue weighted by atomic mass is 10.0. The standard InChI is InChI=1S/C21H16N2O4/c1-13-16-5-3-4-6-17(16)23-18(19(13)21(25)26-2)12-27-20(24)15-9-7-14(11-22)8-10-15/h3-10H,12H2,1-2H3. The molecule has 0 saturated heterocycles. The number of ether oxygens (including phenoxy) is 2. The van der Waals surface area contributed by atoms with Crippen molar-refractivity contribution in [2.24, 2.45) is 0 Å². The van der Waals surface area contributed by atoms with Crippen LogP contribution in [0.1, 0.15) is 37.5 Å². The fourth-order valence-electron chi connectivity index (χ4n) is 2.82. The normalized spacial score (nSPS) is 10.3. The molecule has 6 nitrogen and oxygen atoms in total. The van der Waals surface area contributed by atoms with Crippen LogP contribution in [0.4, 0.5) is 0 Å². The number of benzene rings is 2. The molecule has 0 saturated carbocycles. The lowest BCUT2D eigenvalue weighted by Crippen LogP contribution is -2.14. The zero-order chi connectivity index (χ0) is 19.4. The van der Waals surface area contributed by atoms with E-state index in [-0.39, 0.29) is 6.61 Å². The second-order valence-corrected chi connectivity index (χ2v) is 5.83. The van der Waals surface area contributed by atoms with E-state index in [1.165, 1.54) is 31.4 Å². The summed E-state index contributed by atoms with van der Waals surface area (Å²) in [5.41, 5.74) is 2.81. The molecule has 6 heteroatoms. The average Bonchev–Trinajstić information content (AvgIpc) is 2.71. The van der Waals surface area contributed by atoms with Gasteiger partial charge >= 0.3 is 11.9 Å². The van der Waals surface area contributed by atoms with Crippen molar-refractivity contribution in [3.8, 4) is 6.07 Å². The van der Waals surface area contributed by atoms with Crippen LogP contribution in [0.5, 0.6) is 0 Å². The molecular weight excluding hydrogens is 344 g/mol. The summed E-state index contributed by atoms with van der Waals surface area (Å²) >= 11 is 0. The number of nitriles is 1. The van der Waals surface area contributed by atoms with E-state index in [4.69, 9.17) is 14.7 Å². The maximum absolute atomic E-state index is 12.3. The first kappa shape index (κ1) is 18.1. The molecule has 0 unspecified atom stereocenters. The van der Waals surface area contributed by atoms with Crippen molar-refractivity contribution < 1.29 is 19.1 Å². The lowest BCUT2D eigenvalue weighted by molar-refractivity contribution is 0.0455. The summed E-state index contributed by atoms with van der Waals surface area (Å²) in [5, 5.41) is 9.65. The molecular formula is C21H16N2O4. The Morgan fingerprint density at radius 2 is 1.78 bits per heavy atom. The van der Waals surface area contributed by atoms with E-state index in [1.807, 2.05) is 37.3 Å². The number of carbonyl (C=O) groups is 2. The topological polar surface area (TPSA) is 89.3 Å². The summed E-state index contributed by atoms with van der Waals surface area (Å²) in [6.07, 6.45) is 0. The Kier molecular flexibility index (Phi) is 5.13. The molecule has 0 bridgehead atoms. The van der Waals surface area contributed by atoms with E-state index in [0.29, 0.717) is 27.9 Å². The minimum absolute atomic E-state index is 0.172. The molecule has 0 radical (unpaired) electrons. The van der Waals surface area contributed by atoms with Crippen molar-refractivity contribution in [3.05, 3.63) is 76.5 Å². The summed E-state index contributed by atoms with van der Waals surface area (Å²) in [4.78, 5) is 29.0. The van der Waals surface area contributed by atoms with E-state index in [0.717, 1.165) is 10.9 Å². The summed E-state index contributed by atoms with van der Waals surface area (Å²) in [7, 11) is 1.30. The molecule has 134 valence electrons. The maximum atomic E-state index is 12.3. The van der Waals surface area contributed by atoms with Crippen LogP contribution in [0.2, 0.25) is 0 Å². The Bertz CT molecular complexity index is 1070. The van der Waals surface area contributed by atoms with Crippen LogP contribution >= 0.6 is 0 Å².